The maximum Gasteiger partial charge on any atom is 0.225 e. The molecule has 0 radical (unpaired) electrons. The van der Waals surface area contributed by atoms with Crippen molar-refractivity contribution < 1.29 is 9.47 Å². The van der Waals surface area contributed by atoms with Gasteiger partial charge in [0.2, 0.25) is 5.95 Å². The number of aromatic nitrogens is 2. The number of nitrogens with two attached hydrogens (primary N) is 1. The van der Waals surface area contributed by atoms with E-state index in [-0.39, 0.29) is 24.0 Å². The van der Waals surface area contributed by atoms with Crippen molar-refractivity contribution >= 4 is 35.9 Å². The Balaban J connectivity index is 0.00000300. The minimum absolute atomic E-state index is 0. The molecular formula is C20H29IN6O2. The van der Waals surface area contributed by atoms with Gasteiger partial charge in [-0.05, 0) is 42.5 Å². The number of rotatable bonds is 7. The first kappa shape index (κ1) is 23.0. The Morgan fingerprint density at radius 3 is 2.72 bits per heavy atom. The van der Waals surface area contributed by atoms with Gasteiger partial charge in [-0.15, -0.1) is 24.0 Å². The Morgan fingerprint density at radius 1 is 1.24 bits per heavy atom. The van der Waals surface area contributed by atoms with Crippen molar-refractivity contribution in [1.82, 2.24) is 15.3 Å². The van der Waals surface area contributed by atoms with Gasteiger partial charge >= 0.3 is 0 Å². The standard InChI is InChI=1S/C20H28N6O2.HI/c1-27-17-7-6-15(11-18(17)28-2)12-24-19(21)25-13-16-5-3-10-26(14-16)20-22-8-4-9-23-20;/h4,6-9,11,16H,3,5,10,12-14H2,1-2H3,(H3,21,24,25);1H. The fourth-order valence-corrected chi connectivity index (χ4v) is 3.33. The summed E-state index contributed by atoms with van der Waals surface area (Å²) in [6, 6.07) is 7.57. The first-order valence-electron chi connectivity index (χ1n) is 9.46. The second-order valence-corrected chi connectivity index (χ2v) is 6.77. The first-order valence-corrected chi connectivity index (χ1v) is 9.46. The molecule has 3 rings (SSSR count). The van der Waals surface area contributed by atoms with Crippen LogP contribution in [0.3, 0.4) is 0 Å². The molecule has 0 spiro atoms. The number of hydrogen-bond acceptors (Lipinski definition) is 6. The van der Waals surface area contributed by atoms with Crippen LogP contribution in [0.25, 0.3) is 0 Å². The van der Waals surface area contributed by atoms with Gasteiger partial charge in [0.1, 0.15) is 0 Å². The number of methoxy groups -OCH3 is 2. The maximum absolute atomic E-state index is 6.06. The van der Waals surface area contributed by atoms with Gasteiger partial charge in [0.15, 0.2) is 17.5 Å². The van der Waals surface area contributed by atoms with E-state index in [1.54, 1.807) is 26.6 Å². The quantitative estimate of drug-likeness (QED) is 0.334. The third-order valence-corrected chi connectivity index (χ3v) is 4.81. The Labute approximate surface area is 188 Å². The van der Waals surface area contributed by atoms with Gasteiger partial charge in [-0.3, -0.25) is 0 Å². The molecule has 2 aromatic rings. The lowest BCUT2D eigenvalue weighted by Crippen LogP contribution is -2.43. The average Bonchev–Trinajstić information content (AvgIpc) is 2.76. The van der Waals surface area contributed by atoms with Crippen molar-refractivity contribution in [3.63, 3.8) is 0 Å². The van der Waals surface area contributed by atoms with Crippen LogP contribution in [0.5, 0.6) is 11.5 Å². The molecule has 29 heavy (non-hydrogen) atoms. The van der Waals surface area contributed by atoms with Crippen LogP contribution in [-0.2, 0) is 6.54 Å². The van der Waals surface area contributed by atoms with Crippen LogP contribution < -0.4 is 25.4 Å². The molecule has 0 saturated carbocycles. The molecule has 9 heteroatoms. The van der Waals surface area contributed by atoms with Crippen LogP contribution in [0, 0.1) is 5.92 Å². The molecule has 1 saturated heterocycles. The fraction of sp³-hybridized carbons (Fsp3) is 0.450. The van der Waals surface area contributed by atoms with Crippen LogP contribution in [0.4, 0.5) is 5.95 Å². The Bertz CT molecular complexity index is 790. The fourth-order valence-electron chi connectivity index (χ4n) is 3.33. The normalized spacial score (nSPS) is 16.7. The summed E-state index contributed by atoms with van der Waals surface area (Å²) >= 11 is 0. The molecule has 1 fully saturated rings. The number of guanidine groups is 1. The summed E-state index contributed by atoms with van der Waals surface area (Å²) < 4.78 is 10.6. The molecule has 1 atom stereocenters. The van der Waals surface area contributed by atoms with E-state index in [2.05, 4.69) is 25.2 Å². The van der Waals surface area contributed by atoms with Crippen molar-refractivity contribution in [2.45, 2.75) is 19.4 Å². The molecule has 0 aliphatic carbocycles. The molecule has 0 amide bonds. The number of nitrogens with zero attached hydrogens (tertiary/aromatic N) is 4. The summed E-state index contributed by atoms with van der Waals surface area (Å²) in [6.07, 6.45) is 5.83. The van der Waals surface area contributed by atoms with E-state index in [0.29, 0.717) is 29.9 Å². The molecule has 1 unspecified atom stereocenters. The molecular weight excluding hydrogens is 483 g/mol. The monoisotopic (exact) mass is 512 g/mol. The van der Waals surface area contributed by atoms with Crippen LogP contribution >= 0.6 is 24.0 Å². The van der Waals surface area contributed by atoms with Gasteiger partial charge in [-0.1, -0.05) is 6.07 Å². The zero-order valence-corrected chi connectivity index (χ0v) is 19.2. The van der Waals surface area contributed by atoms with E-state index in [1.165, 1.54) is 0 Å². The summed E-state index contributed by atoms with van der Waals surface area (Å²) in [5, 5.41) is 3.25. The van der Waals surface area contributed by atoms with Crippen LogP contribution in [0.1, 0.15) is 18.4 Å². The lowest BCUT2D eigenvalue weighted by atomic mass is 9.98. The summed E-state index contributed by atoms with van der Waals surface area (Å²) in [6.45, 7) is 3.17. The highest BCUT2D eigenvalue weighted by Crippen LogP contribution is 2.27. The third kappa shape index (κ3) is 6.62. The number of piperidine rings is 1. The molecule has 158 valence electrons. The largest absolute Gasteiger partial charge is 0.493 e. The predicted molar refractivity (Wildman–Crippen MR) is 125 cm³/mol. The van der Waals surface area contributed by atoms with Crippen LogP contribution in [0.15, 0.2) is 41.7 Å². The number of hydrogen-bond donors (Lipinski definition) is 2. The number of aliphatic imine (C=N–C) groups is 1. The maximum atomic E-state index is 6.06. The number of anilines is 1. The van der Waals surface area contributed by atoms with Gasteiger partial charge in [0, 0.05) is 32.0 Å². The average molecular weight is 512 g/mol. The topological polar surface area (TPSA) is 97.9 Å². The van der Waals surface area contributed by atoms with E-state index in [4.69, 9.17) is 15.2 Å². The molecule has 1 aliphatic rings. The van der Waals surface area contributed by atoms with Gasteiger partial charge in [0.05, 0.1) is 20.8 Å². The molecule has 1 aromatic carbocycles. The lowest BCUT2D eigenvalue weighted by molar-refractivity contribution is 0.354. The number of ether oxygens (including phenoxy) is 2. The van der Waals surface area contributed by atoms with Crippen molar-refractivity contribution in [1.29, 1.82) is 0 Å². The summed E-state index contributed by atoms with van der Waals surface area (Å²) in [7, 11) is 3.24. The van der Waals surface area contributed by atoms with Crippen molar-refractivity contribution in [3.05, 3.63) is 42.2 Å². The highest BCUT2D eigenvalue weighted by Gasteiger charge is 2.21. The van der Waals surface area contributed by atoms with Gasteiger partial charge < -0.3 is 25.4 Å². The Kier molecular flexibility index (Phi) is 9.23. The molecule has 3 N–H and O–H groups in total. The highest BCUT2D eigenvalue weighted by molar-refractivity contribution is 14.0. The number of benzene rings is 1. The SMILES string of the molecule is COc1ccc(CN=C(N)NCC2CCCN(c3ncccn3)C2)cc1OC.I. The minimum atomic E-state index is 0. The molecule has 8 nitrogen and oxygen atoms in total. The molecule has 2 heterocycles. The van der Waals surface area contributed by atoms with E-state index in [9.17, 15) is 0 Å². The second-order valence-electron chi connectivity index (χ2n) is 6.77. The predicted octanol–water partition coefficient (Wildman–Crippen LogP) is 2.43. The number of nitrogens with one attached hydrogen (secondary N) is 1. The zero-order chi connectivity index (χ0) is 19.8. The number of halogens is 1. The van der Waals surface area contributed by atoms with Crippen LogP contribution in [0.2, 0.25) is 0 Å². The van der Waals surface area contributed by atoms with Gasteiger partial charge in [-0.2, -0.15) is 0 Å². The molecule has 0 bridgehead atoms. The zero-order valence-electron chi connectivity index (χ0n) is 16.9. The van der Waals surface area contributed by atoms with E-state index in [1.807, 2.05) is 24.3 Å². The van der Waals surface area contributed by atoms with Gasteiger partial charge in [-0.25, -0.2) is 15.0 Å². The highest BCUT2D eigenvalue weighted by atomic mass is 127. The van der Waals surface area contributed by atoms with Crippen molar-refractivity contribution in [2.24, 2.45) is 16.6 Å². The smallest absolute Gasteiger partial charge is 0.225 e. The molecule has 1 aliphatic heterocycles. The Morgan fingerprint density at radius 2 is 2.00 bits per heavy atom. The second kappa shape index (κ2) is 11.6. The van der Waals surface area contributed by atoms with E-state index >= 15 is 0 Å². The molecule has 1 aromatic heterocycles. The Hall–Kier alpha value is -2.30. The van der Waals surface area contributed by atoms with E-state index in [0.717, 1.165) is 44.0 Å². The van der Waals surface area contributed by atoms with Gasteiger partial charge in [0.25, 0.3) is 0 Å². The van der Waals surface area contributed by atoms with E-state index < -0.39 is 0 Å². The van der Waals surface area contributed by atoms with Crippen LogP contribution in [-0.4, -0.2) is 49.8 Å². The summed E-state index contributed by atoms with van der Waals surface area (Å²) in [5.74, 6) is 3.11. The summed E-state index contributed by atoms with van der Waals surface area (Å²) in [4.78, 5) is 15.4. The van der Waals surface area contributed by atoms with Crippen molar-refractivity contribution in [3.8, 4) is 11.5 Å². The third-order valence-electron chi connectivity index (χ3n) is 4.81. The lowest BCUT2D eigenvalue weighted by Gasteiger charge is -2.32. The van der Waals surface area contributed by atoms with Crippen molar-refractivity contribution in [2.75, 3.05) is 38.8 Å². The minimum Gasteiger partial charge on any atom is -0.493 e. The first-order chi connectivity index (χ1) is 13.7. The summed E-state index contributed by atoms with van der Waals surface area (Å²) in [5.41, 5.74) is 7.06.